The fourth-order valence-electron chi connectivity index (χ4n) is 2.34. The second-order valence-electron chi connectivity index (χ2n) is 5.13. The van der Waals surface area contributed by atoms with Crippen molar-refractivity contribution in [3.05, 3.63) is 70.2 Å². The average molecular weight is 274 g/mol. The highest BCUT2D eigenvalue weighted by Crippen LogP contribution is 2.31. The summed E-state index contributed by atoms with van der Waals surface area (Å²) in [5, 5.41) is 0.713. The molecule has 0 aliphatic carbocycles. The summed E-state index contributed by atoms with van der Waals surface area (Å²) in [5.41, 5.74) is 9.32. The van der Waals surface area contributed by atoms with Crippen LogP contribution in [-0.4, -0.2) is 0 Å². The van der Waals surface area contributed by atoms with E-state index in [1.807, 2.05) is 31.2 Å². The minimum absolute atomic E-state index is 0.566. The minimum Gasteiger partial charge on any atom is -0.318 e. The van der Waals surface area contributed by atoms with E-state index in [2.05, 4.69) is 31.2 Å². The fourth-order valence-corrected chi connectivity index (χ4v) is 2.68. The molecule has 0 heterocycles. The molecule has 1 unspecified atom stereocenters. The molecule has 0 aromatic heterocycles. The van der Waals surface area contributed by atoms with Crippen LogP contribution in [0.15, 0.2) is 48.5 Å². The van der Waals surface area contributed by atoms with Gasteiger partial charge < -0.3 is 5.73 Å². The van der Waals surface area contributed by atoms with Crippen LogP contribution in [0.2, 0.25) is 5.02 Å². The molecule has 2 aromatic carbocycles. The van der Waals surface area contributed by atoms with Gasteiger partial charge in [-0.2, -0.15) is 0 Å². The van der Waals surface area contributed by atoms with Crippen LogP contribution in [0.1, 0.15) is 37.0 Å². The van der Waals surface area contributed by atoms with Crippen LogP contribution in [-0.2, 0) is 12.0 Å². The van der Waals surface area contributed by atoms with Crippen LogP contribution in [0, 0.1) is 0 Å². The Morgan fingerprint density at radius 2 is 1.68 bits per heavy atom. The van der Waals surface area contributed by atoms with E-state index in [0.717, 1.165) is 24.0 Å². The Hall–Kier alpha value is -1.31. The van der Waals surface area contributed by atoms with Crippen molar-refractivity contribution in [2.45, 2.75) is 32.2 Å². The summed E-state index contributed by atoms with van der Waals surface area (Å²) in [7, 11) is 0. The van der Waals surface area contributed by atoms with Crippen molar-refractivity contribution >= 4 is 11.6 Å². The lowest BCUT2D eigenvalue weighted by molar-refractivity contribution is 0.603. The molecule has 100 valence electrons. The van der Waals surface area contributed by atoms with Gasteiger partial charge in [0.2, 0.25) is 0 Å². The minimum atomic E-state index is -0.566. The van der Waals surface area contributed by atoms with Gasteiger partial charge in [-0.3, -0.25) is 0 Å². The Morgan fingerprint density at radius 3 is 2.26 bits per heavy atom. The van der Waals surface area contributed by atoms with Crippen molar-refractivity contribution < 1.29 is 0 Å². The predicted octanol–water partition coefficient (Wildman–Crippen LogP) is 4.51. The van der Waals surface area contributed by atoms with Crippen molar-refractivity contribution in [2.75, 3.05) is 0 Å². The zero-order valence-electron chi connectivity index (χ0n) is 11.5. The maximum absolute atomic E-state index is 6.50. The molecule has 0 amide bonds. The Morgan fingerprint density at radius 1 is 1.05 bits per heavy atom. The molecule has 2 aromatic rings. The number of rotatable bonds is 4. The molecule has 0 saturated heterocycles. The molecule has 2 N–H and O–H groups in total. The Bertz CT molecular complexity index is 543. The third-order valence-electron chi connectivity index (χ3n) is 3.53. The van der Waals surface area contributed by atoms with Crippen molar-refractivity contribution in [3.8, 4) is 0 Å². The van der Waals surface area contributed by atoms with Gasteiger partial charge in [-0.25, -0.2) is 0 Å². The molecule has 0 aliphatic rings. The molecule has 0 aliphatic heterocycles. The van der Waals surface area contributed by atoms with Crippen LogP contribution < -0.4 is 5.73 Å². The van der Waals surface area contributed by atoms with E-state index >= 15 is 0 Å². The van der Waals surface area contributed by atoms with Crippen LogP contribution in [0.25, 0.3) is 0 Å². The van der Waals surface area contributed by atoms with Crippen LogP contribution in [0.5, 0.6) is 0 Å². The Balaban J connectivity index is 2.36. The third-order valence-corrected chi connectivity index (χ3v) is 3.86. The van der Waals surface area contributed by atoms with Gasteiger partial charge in [0.05, 0.1) is 5.54 Å². The SMILES string of the molecule is CCCc1ccc(C(C)(N)c2ccccc2Cl)cc1. The van der Waals surface area contributed by atoms with Gasteiger partial charge >= 0.3 is 0 Å². The molecule has 2 rings (SSSR count). The second-order valence-corrected chi connectivity index (χ2v) is 5.54. The van der Waals surface area contributed by atoms with E-state index < -0.39 is 5.54 Å². The molecule has 0 radical (unpaired) electrons. The van der Waals surface area contributed by atoms with Crippen molar-refractivity contribution in [1.82, 2.24) is 0 Å². The molecular formula is C17H20ClN. The zero-order chi connectivity index (χ0) is 13.9. The van der Waals surface area contributed by atoms with Gasteiger partial charge in [0, 0.05) is 5.02 Å². The van der Waals surface area contributed by atoms with E-state index in [1.165, 1.54) is 5.56 Å². The predicted molar refractivity (Wildman–Crippen MR) is 82.5 cm³/mol. The molecule has 0 bridgehead atoms. The summed E-state index contributed by atoms with van der Waals surface area (Å²) < 4.78 is 0. The topological polar surface area (TPSA) is 26.0 Å². The largest absolute Gasteiger partial charge is 0.318 e. The van der Waals surface area contributed by atoms with Crippen LogP contribution in [0.3, 0.4) is 0 Å². The number of hydrogen-bond acceptors (Lipinski definition) is 1. The average Bonchev–Trinajstić information content (AvgIpc) is 2.40. The van der Waals surface area contributed by atoms with E-state index in [4.69, 9.17) is 17.3 Å². The summed E-state index contributed by atoms with van der Waals surface area (Å²) in [4.78, 5) is 0. The number of benzene rings is 2. The van der Waals surface area contributed by atoms with Gasteiger partial charge in [0.25, 0.3) is 0 Å². The van der Waals surface area contributed by atoms with Crippen LogP contribution in [0.4, 0.5) is 0 Å². The zero-order valence-corrected chi connectivity index (χ0v) is 12.2. The summed E-state index contributed by atoms with van der Waals surface area (Å²) in [5.74, 6) is 0. The molecule has 1 atom stereocenters. The summed E-state index contributed by atoms with van der Waals surface area (Å²) in [6, 6.07) is 16.3. The van der Waals surface area contributed by atoms with Crippen LogP contribution >= 0.6 is 11.6 Å². The van der Waals surface area contributed by atoms with Crippen molar-refractivity contribution in [2.24, 2.45) is 5.73 Å². The number of aryl methyl sites for hydroxylation is 1. The first-order chi connectivity index (χ1) is 9.05. The maximum atomic E-state index is 6.50. The summed E-state index contributed by atoms with van der Waals surface area (Å²) >= 11 is 6.26. The molecular weight excluding hydrogens is 254 g/mol. The molecule has 2 heteroatoms. The lowest BCUT2D eigenvalue weighted by atomic mass is 9.85. The smallest absolute Gasteiger partial charge is 0.0651 e. The highest BCUT2D eigenvalue weighted by Gasteiger charge is 2.25. The summed E-state index contributed by atoms with van der Waals surface area (Å²) in [6.45, 7) is 4.19. The van der Waals surface area contributed by atoms with Gasteiger partial charge in [-0.15, -0.1) is 0 Å². The molecule has 0 fully saturated rings. The highest BCUT2D eigenvalue weighted by molar-refractivity contribution is 6.31. The molecule has 19 heavy (non-hydrogen) atoms. The third kappa shape index (κ3) is 2.99. The first-order valence-electron chi connectivity index (χ1n) is 6.69. The van der Waals surface area contributed by atoms with E-state index in [9.17, 15) is 0 Å². The molecule has 0 saturated carbocycles. The molecule has 1 nitrogen and oxygen atoms in total. The number of nitrogens with two attached hydrogens (primary N) is 1. The monoisotopic (exact) mass is 273 g/mol. The first-order valence-corrected chi connectivity index (χ1v) is 7.06. The van der Waals surface area contributed by atoms with Gasteiger partial charge in [0.1, 0.15) is 0 Å². The number of halogens is 1. The highest BCUT2D eigenvalue weighted by atomic mass is 35.5. The van der Waals surface area contributed by atoms with Gasteiger partial charge in [-0.1, -0.05) is 67.4 Å². The second kappa shape index (κ2) is 5.77. The standard InChI is InChI=1S/C17H20ClN/c1-3-6-13-9-11-14(12-10-13)17(2,19)15-7-4-5-8-16(15)18/h4-5,7-12H,3,6,19H2,1-2H3. The van der Waals surface area contributed by atoms with Crippen molar-refractivity contribution in [1.29, 1.82) is 0 Å². The Kier molecular flexibility index (Phi) is 4.28. The van der Waals surface area contributed by atoms with Gasteiger partial charge in [0.15, 0.2) is 0 Å². The normalized spacial score (nSPS) is 14.1. The lowest BCUT2D eigenvalue weighted by Gasteiger charge is -2.27. The Labute approximate surface area is 120 Å². The van der Waals surface area contributed by atoms with Crippen molar-refractivity contribution in [3.63, 3.8) is 0 Å². The van der Waals surface area contributed by atoms with Gasteiger partial charge in [-0.05, 0) is 36.1 Å². The lowest BCUT2D eigenvalue weighted by Crippen LogP contribution is -2.34. The van der Waals surface area contributed by atoms with E-state index in [0.29, 0.717) is 5.02 Å². The number of hydrogen-bond donors (Lipinski definition) is 1. The summed E-state index contributed by atoms with van der Waals surface area (Å²) in [6.07, 6.45) is 2.26. The first kappa shape index (κ1) is 14.1. The quantitative estimate of drug-likeness (QED) is 0.871. The van der Waals surface area contributed by atoms with E-state index in [1.54, 1.807) is 0 Å². The van der Waals surface area contributed by atoms with E-state index in [-0.39, 0.29) is 0 Å². The molecule has 0 spiro atoms. The fraction of sp³-hybridized carbons (Fsp3) is 0.294. The maximum Gasteiger partial charge on any atom is 0.0651 e.